The van der Waals surface area contributed by atoms with Crippen LogP contribution in [0.15, 0.2) is 79.5 Å². The molecule has 1 amide bonds. The molecular weight excluding hydrogens is 658 g/mol. The van der Waals surface area contributed by atoms with Crippen molar-refractivity contribution in [1.29, 1.82) is 0 Å². The second kappa shape index (κ2) is 12.5. The number of aliphatic imine (C=N–C) groups is 1. The SMILES string of the molecule is CC(C)CN1C(=O)/C(=C/c2cc(Br)c(OCc3cccc([N+](=O)[O-])c3)c(Br)c2)SC1=Nc1ccc(Cl)cc1. The summed E-state index contributed by atoms with van der Waals surface area (Å²) in [6, 6.07) is 17.2. The molecule has 4 rings (SSSR count). The number of amides is 1. The number of thioether (sulfide) groups is 1. The molecule has 0 saturated carbocycles. The van der Waals surface area contributed by atoms with E-state index in [-0.39, 0.29) is 24.1 Å². The molecule has 1 saturated heterocycles. The van der Waals surface area contributed by atoms with E-state index in [1.165, 1.54) is 23.9 Å². The maximum absolute atomic E-state index is 13.3. The van der Waals surface area contributed by atoms with E-state index in [4.69, 9.17) is 21.3 Å². The summed E-state index contributed by atoms with van der Waals surface area (Å²) < 4.78 is 7.29. The lowest BCUT2D eigenvalue weighted by atomic mass is 10.2. The third kappa shape index (κ3) is 7.05. The molecule has 0 aliphatic carbocycles. The molecule has 196 valence electrons. The summed E-state index contributed by atoms with van der Waals surface area (Å²) in [5.74, 6) is 0.713. The van der Waals surface area contributed by atoms with Crippen LogP contribution >= 0.6 is 55.2 Å². The highest BCUT2D eigenvalue weighted by Crippen LogP contribution is 2.39. The lowest BCUT2D eigenvalue weighted by molar-refractivity contribution is -0.384. The van der Waals surface area contributed by atoms with Gasteiger partial charge < -0.3 is 4.74 Å². The van der Waals surface area contributed by atoms with Gasteiger partial charge in [-0.2, -0.15) is 0 Å². The Balaban J connectivity index is 1.57. The van der Waals surface area contributed by atoms with Crippen molar-refractivity contribution in [2.45, 2.75) is 20.5 Å². The van der Waals surface area contributed by atoms with Crippen molar-refractivity contribution in [3.05, 3.63) is 101 Å². The van der Waals surface area contributed by atoms with Crippen molar-refractivity contribution < 1.29 is 14.5 Å². The Morgan fingerprint density at radius 1 is 1.13 bits per heavy atom. The van der Waals surface area contributed by atoms with Crippen LogP contribution in [0.3, 0.4) is 0 Å². The molecule has 1 aliphatic heterocycles. The number of amidine groups is 1. The Morgan fingerprint density at radius 3 is 2.45 bits per heavy atom. The number of carbonyl (C=O) groups excluding carboxylic acids is 1. The van der Waals surface area contributed by atoms with E-state index in [0.29, 0.717) is 41.9 Å². The minimum Gasteiger partial charge on any atom is -0.487 e. The third-order valence-electron chi connectivity index (χ3n) is 5.31. The largest absolute Gasteiger partial charge is 0.487 e. The number of hydrogen-bond donors (Lipinski definition) is 0. The van der Waals surface area contributed by atoms with Gasteiger partial charge >= 0.3 is 0 Å². The van der Waals surface area contributed by atoms with Crippen molar-refractivity contribution in [2.75, 3.05) is 6.54 Å². The Labute approximate surface area is 246 Å². The maximum Gasteiger partial charge on any atom is 0.269 e. The minimum absolute atomic E-state index is 0.00964. The number of rotatable bonds is 8. The molecule has 11 heteroatoms. The van der Waals surface area contributed by atoms with Crippen LogP contribution in [0.1, 0.15) is 25.0 Å². The summed E-state index contributed by atoms with van der Waals surface area (Å²) in [7, 11) is 0. The third-order valence-corrected chi connectivity index (χ3v) is 7.75. The Morgan fingerprint density at radius 2 is 1.82 bits per heavy atom. The van der Waals surface area contributed by atoms with Crippen LogP contribution in [0.2, 0.25) is 5.02 Å². The molecule has 0 bridgehead atoms. The average Bonchev–Trinajstić information content (AvgIpc) is 3.13. The molecule has 0 N–H and O–H groups in total. The molecule has 0 unspecified atom stereocenters. The number of carbonyl (C=O) groups is 1. The van der Waals surface area contributed by atoms with E-state index in [9.17, 15) is 14.9 Å². The average molecular weight is 680 g/mol. The molecule has 38 heavy (non-hydrogen) atoms. The van der Waals surface area contributed by atoms with E-state index in [2.05, 4.69) is 45.7 Å². The van der Waals surface area contributed by atoms with Gasteiger partial charge in [0, 0.05) is 23.7 Å². The Bertz CT molecular complexity index is 1420. The highest BCUT2D eigenvalue weighted by Gasteiger charge is 2.33. The molecule has 1 aliphatic rings. The fourth-order valence-electron chi connectivity index (χ4n) is 3.61. The molecule has 3 aromatic carbocycles. The van der Waals surface area contributed by atoms with Gasteiger partial charge in [-0.05, 0) is 103 Å². The Kier molecular flexibility index (Phi) is 9.30. The quantitative estimate of drug-likeness (QED) is 0.135. The summed E-state index contributed by atoms with van der Waals surface area (Å²) in [6.07, 6.45) is 1.82. The first kappa shape index (κ1) is 28.4. The van der Waals surface area contributed by atoms with Crippen LogP contribution in [0, 0.1) is 16.0 Å². The van der Waals surface area contributed by atoms with E-state index in [0.717, 1.165) is 11.3 Å². The van der Waals surface area contributed by atoms with E-state index < -0.39 is 4.92 Å². The molecule has 0 aromatic heterocycles. The highest BCUT2D eigenvalue weighted by molar-refractivity contribution is 9.11. The first-order valence-corrected chi connectivity index (χ1v) is 14.3. The zero-order chi connectivity index (χ0) is 27.4. The zero-order valence-corrected chi connectivity index (χ0v) is 25.1. The van der Waals surface area contributed by atoms with E-state index in [1.54, 1.807) is 29.2 Å². The highest BCUT2D eigenvalue weighted by atomic mass is 79.9. The van der Waals surface area contributed by atoms with Crippen molar-refractivity contribution in [2.24, 2.45) is 10.9 Å². The van der Waals surface area contributed by atoms with Gasteiger partial charge in [-0.3, -0.25) is 19.8 Å². The topological polar surface area (TPSA) is 85.0 Å². The number of nitro groups is 1. The van der Waals surface area contributed by atoms with Crippen LogP contribution in [0.25, 0.3) is 6.08 Å². The summed E-state index contributed by atoms with van der Waals surface area (Å²) in [5, 5.41) is 12.3. The van der Waals surface area contributed by atoms with Gasteiger partial charge in [0.2, 0.25) is 0 Å². The first-order chi connectivity index (χ1) is 18.1. The monoisotopic (exact) mass is 677 g/mol. The molecule has 3 aromatic rings. The molecule has 0 radical (unpaired) electrons. The summed E-state index contributed by atoms with van der Waals surface area (Å²) in [4.78, 5) is 30.9. The molecule has 0 atom stereocenters. The lowest BCUT2D eigenvalue weighted by Gasteiger charge is -2.17. The number of halogens is 3. The lowest BCUT2D eigenvalue weighted by Crippen LogP contribution is -2.32. The van der Waals surface area contributed by atoms with Gasteiger partial charge in [0.25, 0.3) is 11.6 Å². The summed E-state index contributed by atoms with van der Waals surface area (Å²) in [6.45, 7) is 4.82. The number of ether oxygens (including phenoxy) is 1. The normalized spacial score (nSPS) is 15.6. The van der Waals surface area contributed by atoms with Gasteiger partial charge in [0.05, 0.1) is 24.5 Å². The van der Waals surface area contributed by atoms with Crippen LogP contribution in [0.4, 0.5) is 11.4 Å². The number of benzene rings is 3. The predicted octanol–water partition coefficient (Wildman–Crippen LogP) is 8.61. The van der Waals surface area contributed by atoms with Gasteiger partial charge in [-0.25, -0.2) is 4.99 Å². The van der Waals surface area contributed by atoms with Crippen molar-refractivity contribution in [3.8, 4) is 5.75 Å². The van der Waals surface area contributed by atoms with Crippen LogP contribution < -0.4 is 4.74 Å². The molecule has 1 heterocycles. The predicted molar refractivity (Wildman–Crippen MR) is 160 cm³/mol. The number of hydrogen-bond acceptors (Lipinski definition) is 6. The van der Waals surface area contributed by atoms with Gasteiger partial charge in [0.1, 0.15) is 12.4 Å². The second-order valence-corrected chi connectivity index (χ2v) is 12.0. The summed E-state index contributed by atoms with van der Waals surface area (Å²) >= 11 is 14.4. The fraction of sp³-hybridized carbons (Fsp3) is 0.185. The maximum atomic E-state index is 13.3. The zero-order valence-electron chi connectivity index (χ0n) is 20.4. The molecule has 0 spiro atoms. The van der Waals surface area contributed by atoms with E-state index in [1.807, 2.05) is 30.3 Å². The minimum atomic E-state index is -0.437. The van der Waals surface area contributed by atoms with E-state index >= 15 is 0 Å². The van der Waals surface area contributed by atoms with Crippen molar-refractivity contribution in [3.63, 3.8) is 0 Å². The van der Waals surface area contributed by atoms with Gasteiger partial charge in [-0.15, -0.1) is 0 Å². The molecular formula is C27H22Br2ClN3O4S. The smallest absolute Gasteiger partial charge is 0.269 e. The van der Waals surface area contributed by atoms with Crippen LogP contribution in [0.5, 0.6) is 5.75 Å². The molecule has 1 fully saturated rings. The number of non-ortho nitro benzene ring substituents is 1. The standard InChI is InChI=1S/C27H22Br2ClN3O4S/c1-16(2)14-32-26(34)24(38-27(32)31-20-8-6-19(30)7-9-20)13-18-11-22(28)25(23(29)12-18)37-15-17-4-3-5-21(10-17)33(35)36/h3-13,16H,14-15H2,1-2H3/b24-13-,31-27?. The van der Waals surface area contributed by atoms with Crippen molar-refractivity contribution >= 4 is 83.7 Å². The van der Waals surface area contributed by atoms with Crippen LogP contribution in [-0.2, 0) is 11.4 Å². The number of nitro benzene ring substituents is 1. The fourth-order valence-corrected chi connectivity index (χ4v) is 6.20. The Hall–Kier alpha value is -2.66. The number of nitrogens with zero attached hydrogens (tertiary/aromatic N) is 3. The van der Waals surface area contributed by atoms with Crippen LogP contribution in [-0.4, -0.2) is 27.4 Å². The first-order valence-electron chi connectivity index (χ1n) is 11.5. The summed E-state index contributed by atoms with van der Waals surface area (Å²) in [5.41, 5.74) is 2.19. The van der Waals surface area contributed by atoms with Crippen molar-refractivity contribution in [1.82, 2.24) is 4.90 Å². The van der Waals surface area contributed by atoms with Gasteiger partial charge in [-0.1, -0.05) is 37.6 Å². The van der Waals surface area contributed by atoms with Gasteiger partial charge in [0.15, 0.2) is 5.17 Å². The molecule has 7 nitrogen and oxygen atoms in total. The second-order valence-electron chi connectivity index (χ2n) is 8.82.